The molecule has 1 heterocycles. The van der Waals surface area contributed by atoms with Crippen molar-refractivity contribution in [1.29, 1.82) is 0 Å². The molecule has 0 bridgehead atoms. The second-order valence-electron chi connectivity index (χ2n) is 21.1. The van der Waals surface area contributed by atoms with Gasteiger partial charge in [0.25, 0.3) is 0 Å². The molecule has 1 unspecified atom stereocenters. The molecule has 4 aromatic carbocycles. The molecule has 4 aromatic rings. The molecule has 0 aliphatic carbocycles. The van der Waals surface area contributed by atoms with E-state index in [0.717, 1.165) is 36.1 Å². The third-order valence-electron chi connectivity index (χ3n) is 14.6. The van der Waals surface area contributed by atoms with E-state index >= 15 is 0 Å². The number of hydrogen-bond acceptors (Lipinski definition) is 3. The van der Waals surface area contributed by atoms with Crippen molar-refractivity contribution in [3.05, 3.63) is 133 Å². The number of benzene rings is 4. The van der Waals surface area contributed by atoms with Gasteiger partial charge in [-0.2, -0.15) is 0 Å². The maximum absolute atomic E-state index is 13.3. The second kappa shape index (κ2) is 24.6. The summed E-state index contributed by atoms with van der Waals surface area (Å²) in [6, 6.07) is 46.7. The van der Waals surface area contributed by atoms with Crippen molar-refractivity contribution in [2.75, 3.05) is 45.3 Å². The van der Waals surface area contributed by atoms with Crippen LogP contribution < -0.4 is 26.5 Å². The summed E-state index contributed by atoms with van der Waals surface area (Å²) >= 11 is 0. The van der Waals surface area contributed by atoms with Gasteiger partial charge in [0.1, 0.15) is 12.8 Å². The highest BCUT2D eigenvalue weighted by molar-refractivity contribution is 7.90. The van der Waals surface area contributed by atoms with Crippen LogP contribution >= 0.6 is 14.5 Å². The summed E-state index contributed by atoms with van der Waals surface area (Å²) in [5, 5.41) is 9.99. The van der Waals surface area contributed by atoms with Gasteiger partial charge in [-0.05, 0) is 109 Å². The van der Waals surface area contributed by atoms with Crippen LogP contribution in [0.5, 0.6) is 0 Å². The summed E-state index contributed by atoms with van der Waals surface area (Å²) in [4.78, 5) is 13.3. The Kier molecular flexibility index (Phi) is 19.9. The number of hydrogen-bond donors (Lipinski definition) is 1. The highest BCUT2D eigenvalue weighted by Crippen LogP contribution is 2.61. The van der Waals surface area contributed by atoms with Crippen molar-refractivity contribution in [3.63, 3.8) is 0 Å². The standard InChI is InChI=1S/C58H87N2O2P2/c1-10-11-12-13-14-15-16-17-18-31-42-63(52-34-23-19-24-35-52,53-36-25-20-26-37-53)43-32-33-44-64(54-38-27-21-28-39-54,55-40-29-22-30-41-55)48-51(47-62-56(61)49(2)3)60(8,9)50-45-57(4,5)59-58(6,7)46-50/h19-30,34-41,50-51,59H,2,10-18,31-33,42-48H2,1,3-9H3/q+3. The molecule has 0 amide bonds. The third kappa shape index (κ3) is 14.4. The lowest BCUT2D eigenvalue weighted by atomic mass is 9.78. The molecule has 1 fully saturated rings. The van der Waals surface area contributed by atoms with Gasteiger partial charge in [0, 0.05) is 29.5 Å². The molecule has 0 radical (unpaired) electrons. The first-order chi connectivity index (χ1) is 30.6. The van der Waals surface area contributed by atoms with E-state index in [9.17, 15) is 4.79 Å². The zero-order chi connectivity index (χ0) is 46.1. The molecule has 1 atom stereocenters. The zero-order valence-corrected chi connectivity index (χ0v) is 43.3. The number of unbranched alkanes of at least 4 members (excludes halogenated alkanes) is 10. The van der Waals surface area contributed by atoms with E-state index in [0.29, 0.717) is 18.2 Å². The lowest BCUT2D eigenvalue weighted by Crippen LogP contribution is -2.68. The van der Waals surface area contributed by atoms with E-state index in [-0.39, 0.29) is 23.1 Å². The van der Waals surface area contributed by atoms with Crippen LogP contribution in [0.2, 0.25) is 0 Å². The predicted octanol–water partition coefficient (Wildman–Crippen LogP) is 12.9. The smallest absolute Gasteiger partial charge is 0.333 e. The van der Waals surface area contributed by atoms with Crippen molar-refractivity contribution in [1.82, 2.24) is 5.32 Å². The Morgan fingerprint density at radius 2 is 0.953 bits per heavy atom. The predicted molar refractivity (Wildman–Crippen MR) is 285 cm³/mol. The fraction of sp³-hybridized carbons (Fsp3) is 0.534. The Morgan fingerprint density at radius 3 is 1.34 bits per heavy atom. The van der Waals surface area contributed by atoms with Crippen molar-refractivity contribution < 1.29 is 14.0 Å². The van der Waals surface area contributed by atoms with Gasteiger partial charge < -0.3 is 14.5 Å². The lowest BCUT2D eigenvalue weighted by molar-refractivity contribution is -0.938. The first-order valence-corrected chi connectivity index (χ1v) is 29.4. The fourth-order valence-corrected chi connectivity index (χ4v) is 20.6. The zero-order valence-electron chi connectivity index (χ0n) is 41.5. The van der Waals surface area contributed by atoms with Crippen molar-refractivity contribution >= 4 is 41.7 Å². The van der Waals surface area contributed by atoms with Gasteiger partial charge in [0.2, 0.25) is 0 Å². The lowest BCUT2D eigenvalue weighted by Gasteiger charge is -2.53. The number of likely N-dealkylation sites (N-methyl/N-ethyl adjacent to an activating group) is 1. The van der Waals surface area contributed by atoms with Gasteiger partial charge in [-0.25, -0.2) is 4.79 Å². The van der Waals surface area contributed by atoms with E-state index in [1.165, 1.54) is 93.6 Å². The molecule has 1 saturated heterocycles. The van der Waals surface area contributed by atoms with Crippen LogP contribution in [0.1, 0.15) is 131 Å². The molecule has 0 saturated carbocycles. The normalized spacial score (nSPS) is 16.0. The number of piperidine rings is 1. The largest absolute Gasteiger partial charge is 0.456 e. The van der Waals surface area contributed by atoms with Crippen LogP contribution in [-0.2, 0) is 9.53 Å². The molecular formula is C58H87N2O2P2+3. The summed E-state index contributed by atoms with van der Waals surface area (Å²) < 4.78 is 7.07. The number of rotatable bonds is 27. The Labute approximate surface area is 392 Å². The van der Waals surface area contributed by atoms with E-state index in [1.54, 1.807) is 17.5 Å². The van der Waals surface area contributed by atoms with E-state index in [4.69, 9.17) is 4.74 Å². The summed E-state index contributed by atoms with van der Waals surface area (Å²) in [5.41, 5.74) is 0.446. The van der Waals surface area contributed by atoms with Gasteiger partial charge in [-0.3, -0.25) is 0 Å². The molecule has 5 rings (SSSR count). The number of nitrogens with zero attached hydrogens (tertiary/aromatic N) is 1. The minimum atomic E-state index is -2.06. The quantitative estimate of drug-likeness (QED) is 0.0213. The Hall–Kier alpha value is -3.13. The summed E-state index contributed by atoms with van der Waals surface area (Å²) in [5.74, 6) is -0.288. The number of ether oxygens (including phenoxy) is 1. The number of carbonyl (C=O) groups is 1. The minimum absolute atomic E-state index is 0.00698. The van der Waals surface area contributed by atoms with Crippen LogP contribution in [-0.4, -0.2) is 79.0 Å². The molecule has 4 nitrogen and oxygen atoms in total. The van der Waals surface area contributed by atoms with E-state index in [2.05, 4.69) is 182 Å². The summed E-state index contributed by atoms with van der Waals surface area (Å²) in [6.07, 6.45) is 22.7. The van der Waals surface area contributed by atoms with Crippen LogP contribution in [0, 0.1) is 0 Å². The van der Waals surface area contributed by atoms with Crippen LogP contribution in [0.25, 0.3) is 0 Å². The van der Waals surface area contributed by atoms with Gasteiger partial charge in [0.15, 0.2) is 6.04 Å². The molecule has 64 heavy (non-hydrogen) atoms. The van der Waals surface area contributed by atoms with Crippen LogP contribution in [0.4, 0.5) is 0 Å². The molecular weight excluding hydrogens is 819 g/mol. The molecule has 0 aromatic heterocycles. The maximum Gasteiger partial charge on any atom is 0.333 e. The Morgan fingerprint density at radius 1 is 0.609 bits per heavy atom. The van der Waals surface area contributed by atoms with Crippen LogP contribution in [0.15, 0.2) is 133 Å². The highest BCUT2D eigenvalue weighted by Gasteiger charge is 2.53. The van der Waals surface area contributed by atoms with Gasteiger partial charge in [0.05, 0.1) is 74.4 Å². The monoisotopic (exact) mass is 906 g/mol. The first-order valence-electron chi connectivity index (χ1n) is 25.1. The topological polar surface area (TPSA) is 38.3 Å². The Bertz CT molecular complexity index is 1870. The first kappa shape index (κ1) is 51.8. The molecule has 1 N–H and O–H groups in total. The van der Waals surface area contributed by atoms with Crippen molar-refractivity contribution in [2.45, 2.75) is 155 Å². The summed E-state index contributed by atoms with van der Waals surface area (Å²) in [6.45, 7) is 17.8. The Balaban J connectivity index is 1.48. The third-order valence-corrected chi connectivity index (χ3v) is 24.0. The van der Waals surface area contributed by atoms with Gasteiger partial charge >= 0.3 is 5.97 Å². The fourth-order valence-electron chi connectivity index (χ4n) is 11.1. The highest BCUT2D eigenvalue weighted by atomic mass is 31.2. The molecule has 348 valence electrons. The minimum Gasteiger partial charge on any atom is -0.456 e. The number of esters is 1. The number of nitrogens with one attached hydrogen (secondary N) is 1. The second-order valence-corrected chi connectivity index (χ2v) is 28.8. The molecule has 1 aliphatic rings. The maximum atomic E-state index is 13.3. The number of quaternary nitrogens is 1. The average Bonchev–Trinajstić information content (AvgIpc) is 3.28. The van der Waals surface area contributed by atoms with Crippen LogP contribution in [0.3, 0.4) is 0 Å². The van der Waals surface area contributed by atoms with Crippen molar-refractivity contribution in [2.24, 2.45) is 0 Å². The molecule has 0 spiro atoms. The summed E-state index contributed by atoms with van der Waals surface area (Å²) in [7, 11) is 1.11. The number of carbonyl (C=O) groups excluding carboxylic acids is 1. The van der Waals surface area contributed by atoms with Gasteiger partial charge in [-0.15, -0.1) is 0 Å². The average molecular weight is 906 g/mol. The van der Waals surface area contributed by atoms with E-state index < -0.39 is 14.5 Å². The molecule has 6 heteroatoms. The van der Waals surface area contributed by atoms with Gasteiger partial charge in [-0.1, -0.05) is 138 Å². The van der Waals surface area contributed by atoms with Crippen molar-refractivity contribution in [3.8, 4) is 0 Å². The SMILES string of the molecule is C=C(C)C(=O)OCC(C[P+](CCCC[P+](CCCCCCCCCCCC)(c1ccccc1)c1ccccc1)(c1ccccc1)c1ccccc1)[N+](C)(C)C1CC(C)(C)NC(C)(C)C1. The molecule has 1 aliphatic heterocycles. The van der Waals surface area contributed by atoms with E-state index in [1.807, 2.05) is 0 Å².